The summed E-state index contributed by atoms with van der Waals surface area (Å²) in [5.74, 6) is 0.960. The molecule has 0 heterocycles. The van der Waals surface area contributed by atoms with Gasteiger partial charge in [0.2, 0.25) is 0 Å². The molecule has 2 nitrogen and oxygen atoms in total. The smallest absolute Gasteiger partial charge is 0.251 e. The molecule has 2 aliphatic rings. The van der Waals surface area contributed by atoms with Crippen LogP contribution in [-0.4, -0.2) is 11.4 Å². The van der Waals surface area contributed by atoms with Crippen LogP contribution in [0.25, 0.3) is 0 Å². The molecular formula is C16H21NO. The number of amides is 1. The van der Waals surface area contributed by atoms with E-state index in [-0.39, 0.29) is 11.4 Å². The van der Waals surface area contributed by atoms with Gasteiger partial charge in [-0.15, -0.1) is 0 Å². The molecule has 0 radical (unpaired) electrons. The van der Waals surface area contributed by atoms with Crippen molar-refractivity contribution in [3.63, 3.8) is 0 Å². The maximum absolute atomic E-state index is 12.3. The Morgan fingerprint density at radius 3 is 2.44 bits per heavy atom. The number of carbonyl (C=O) groups excluding carboxylic acids is 1. The largest absolute Gasteiger partial charge is 0.347 e. The molecule has 0 atom stereocenters. The van der Waals surface area contributed by atoms with E-state index in [0.717, 1.165) is 11.5 Å². The van der Waals surface area contributed by atoms with Crippen LogP contribution in [0.15, 0.2) is 30.3 Å². The molecule has 2 aliphatic carbocycles. The van der Waals surface area contributed by atoms with Crippen molar-refractivity contribution in [2.75, 3.05) is 0 Å². The number of nitrogens with one attached hydrogen (secondary N) is 1. The van der Waals surface area contributed by atoms with Crippen LogP contribution in [0.4, 0.5) is 0 Å². The molecule has 96 valence electrons. The van der Waals surface area contributed by atoms with Gasteiger partial charge in [0, 0.05) is 11.1 Å². The number of fused-ring (bicyclic) bond motifs is 2. The van der Waals surface area contributed by atoms with Crippen molar-refractivity contribution in [2.24, 2.45) is 5.92 Å². The summed E-state index contributed by atoms with van der Waals surface area (Å²) in [5.41, 5.74) is 0.897. The summed E-state index contributed by atoms with van der Waals surface area (Å²) in [5, 5.41) is 3.34. The summed E-state index contributed by atoms with van der Waals surface area (Å²) in [6.45, 7) is 0. The zero-order valence-electron chi connectivity index (χ0n) is 10.8. The van der Waals surface area contributed by atoms with Gasteiger partial charge in [-0.2, -0.15) is 0 Å². The normalized spacial score (nSPS) is 30.8. The lowest BCUT2D eigenvalue weighted by molar-refractivity contribution is 0.0749. The molecular weight excluding hydrogens is 222 g/mol. The predicted octanol–water partition coefficient (Wildman–Crippen LogP) is 3.53. The van der Waals surface area contributed by atoms with Crippen molar-refractivity contribution in [1.82, 2.24) is 5.32 Å². The zero-order valence-corrected chi connectivity index (χ0v) is 10.8. The topological polar surface area (TPSA) is 29.1 Å². The summed E-state index contributed by atoms with van der Waals surface area (Å²) >= 11 is 0. The molecule has 0 saturated heterocycles. The van der Waals surface area contributed by atoms with E-state index in [4.69, 9.17) is 0 Å². The third-order valence-corrected chi connectivity index (χ3v) is 4.63. The lowest BCUT2D eigenvalue weighted by Gasteiger charge is -2.45. The molecule has 1 N–H and O–H groups in total. The van der Waals surface area contributed by atoms with Crippen LogP contribution in [0.5, 0.6) is 0 Å². The molecule has 0 aliphatic heterocycles. The molecule has 1 amide bonds. The first-order valence-electron chi connectivity index (χ1n) is 7.15. The van der Waals surface area contributed by atoms with E-state index in [2.05, 4.69) is 5.32 Å². The predicted molar refractivity (Wildman–Crippen MR) is 72.4 cm³/mol. The summed E-state index contributed by atoms with van der Waals surface area (Å²) in [6.07, 6.45) is 8.82. The van der Waals surface area contributed by atoms with Crippen LogP contribution in [0, 0.1) is 5.92 Å². The van der Waals surface area contributed by atoms with Gasteiger partial charge >= 0.3 is 0 Å². The van der Waals surface area contributed by atoms with Crippen molar-refractivity contribution >= 4 is 5.91 Å². The van der Waals surface area contributed by atoms with Crippen molar-refractivity contribution in [3.8, 4) is 0 Å². The minimum atomic E-state index is 0.105. The van der Waals surface area contributed by atoms with Gasteiger partial charge in [0.15, 0.2) is 0 Å². The average Bonchev–Trinajstić information content (AvgIpc) is 2.39. The van der Waals surface area contributed by atoms with Gasteiger partial charge in [-0.3, -0.25) is 4.79 Å². The van der Waals surface area contributed by atoms with Crippen molar-refractivity contribution in [3.05, 3.63) is 35.9 Å². The fraction of sp³-hybridized carbons (Fsp3) is 0.562. The lowest BCUT2D eigenvalue weighted by Crippen LogP contribution is -2.53. The highest BCUT2D eigenvalue weighted by molar-refractivity contribution is 5.94. The van der Waals surface area contributed by atoms with Gasteiger partial charge in [0.25, 0.3) is 5.91 Å². The van der Waals surface area contributed by atoms with Gasteiger partial charge in [-0.05, 0) is 37.3 Å². The Balaban J connectivity index is 1.73. The second kappa shape index (κ2) is 4.75. The van der Waals surface area contributed by atoms with Gasteiger partial charge in [-0.25, -0.2) is 0 Å². The molecule has 2 saturated carbocycles. The van der Waals surface area contributed by atoms with Gasteiger partial charge in [0.1, 0.15) is 0 Å². The summed E-state index contributed by atoms with van der Waals surface area (Å²) in [7, 11) is 0. The molecule has 0 unspecified atom stereocenters. The minimum absolute atomic E-state index is 0.105. The van der Waals surface area contributed by atoms with E-state index < -0.39 is 0 Å². The monoisotopic (exact) mass is 243 g/mol. The second-order valence-corrected chi connectivity index (χ2v) is 5.96. The van der Waals surface area contributed by atoms with E-state index in [1.807, 2.05) is 30.3 Å². The van der Waals surface area contributed by atoms with E-state index in [0.29, 0.717) is 0 Å². The standard InChI is InChI=1S/C16H21NO/c18-15(14-8-2-1-3-9-14)17-16-10-4-6-13(12-16)7-5-11-16/h1-3,8-9,13H,4-7,10-12H2,(H,17,18). The Bertz CT molecular complexity index is 416. The summed E-state index contributed by atoms with van der Waals surface area (Å²) in [4.78, 5) is 12.3. The van der Waals surface area contributed by atoms with E-state index in [1.165, 1.54) is 44.9 Å². The van der Waals surface area contributed by atoms with Gasteiger partial charge < -0.3 is 5.32 Å². The highest BCUT2D eigenvalue weighted by Crippen LogP contribution is 2.42. The highest BCUT2D eigenvalue weighted by Gasteiger charge is 2.40. The van der Waals surface area contributed by atoms with Crippen molar-refractivity contribution in [2.45, 2.75) is 50.5 Å². The fourth-order valence-electron chi connectivity index (χ4n) is 3.77. The average molecular weight is 243 g/mol. The van der Waals surface area contributed by atoms with Crippen LogP contribution < -0.4 is 5.32 Å². The summed E-state index contributed by atoms with van der Waals surface area (Å²) in [6, 6.07) is 9.60. The molecule has 0 aromatic heterocycles. The first kappa shape index (κ1) is 11.8. The number of hydrogen-bond donors (Lipinski definition) is 1. The molecule has 0 spiro atoms. The molecule has 3 rings (SSSR count). The minimum Gasteiger partial charge on any atom is -0.347 e. The van der Waals surface area contributed by atoms with Crippen LogP contribution in [0.1, 0.15) is 55.3 Å². The molecule has 2 fully saturated rings. The Labute approximate surface area is 109 Å². The van der Waals surface area contributed by atoms with E-state index in [9.17, 15) is 4.79 Å². The van der Waals surface area contributed by atoms with Crippen LogP contribution >= 0.6 is 0 Å². The second-order valence-electron chi connectivity index (χ2n) is 5.96. The molecule has 2 bridgehead atoms. The third kappa shape index (κ3) is 2.29. The van der Waals surface area contributed by atoms with Gasteiger partial charge in [0.05, 0.1) is 0 Å². The Morgan fingerprint density at radius 1 is 1.11 bits per heavy atom. The van der Waals surface area contributed by atoms with Crippen LogP contribution in [-0.2, 0) is 0 Å². The van der Waals surface area contributed by atoms with Crippen LogP contribution in [0.3, 0.4) is 0 Å². The van der Waals surface area contributed by atoms with Crippen molar-refractivity contribution < 1.29 is 4.79 Å². The Kier molecular flexibility index (Phi) is 3.11. The first-order chi connectivity index (χ1) is 8.77. The zero-order chi connectivity index (χ0) is 12.4. The Hall–Kier alpha value is -1.31. The van der Waals surface area contributed by atoms with Gasteiger partial charge in [-0.1, -0.05) is 43.9 Å². The maximum atomic E-state index is 12.3. The number of hydrogen-bond acceptors (Lipinski definition) is 1. The molecule has 18 heavy (non-hydrogen) atoms. The van der Waals surface area contributed by atoms with Crippen molar-refractivity contribution in [1.29, 1.82) is 0 Å². The van der Waals surface area contributed by atoms with E-state index >= 15 is 0 Å². The third-order valence-electron chi connectivity index (χ3n) is 4.63. The molecule has 2 heteroatoms. The maximum Gasteiger partial charge on any atom is 0.251 e. The lowest BCUT2D eigenvalue weighted by atomic mass is 9.67. The Morgan fingerprint density at radius 2 is 1.78 bits per heavy atom. The van der Waals surface area contributed by atoms with E-state index in [1.54, 1.807) is 0 Å². The highest BCUT2D eigenvalue weighted by atomic mass is 16.1. The fourth-order valence-corrected chi connectivity index (χ4v) is 3.77. The molecule has 1 aromatic rings. The number of rotatable bonds is 2. The number of carbonyl (C=O) groups is 1. The molecule has 1 aromatic carbocycles. The summed E-state index contributed by atoms with van der Waals surface area (Å²) < 4.78 is 0. The van der Waals surface area contributed by atoms with Crippen LogP contribution in [0.2, 0.25) is 0 Å². The number of benzene rings is 1. The first-order valence-corrected chi connectivity index (χ1v) is 7.15. The SMILES string of the molecule is O=C(NC12CCCC(CCC1)C2)c1ccccc1. The quantitative estimate of drug-likeness (QED) is 0.846.